The largest absolute Gasteiger partial charge is 0.339 e. The minimum Gasteiger partial charge on any atom is -0.339 e. The Kier molecular flexibility index (Phi) is 8.30. The Morgan fingerprint density at radius 1 is 1.12 bits per heavy atom. The Labute approximate surface area is 158 Å². The highest BCUT2D eigenvalue weighted by molar-refractivity contribution is 6.39. The molecule has 24 heavy (non-hydrogen) atoms. The predicted molar refractivity (Wildman–Crippen MR) is 99.3 cm³/mol. The molecule has 1 unspecified atom stereocenters. The van der Waals surface area contributed by atoms with Gasteiger partial charge >= 0.3 is 0 Å². The van der Waals surface area contributed by atoms with Crippen LogP contribution in [0.25, 0.3) is 0 Å². The first kappa shape index (κ1) is 21.0. The van der Waals surface area contributed by atoms with Crippen molar-refractivity contribution in [3.63, 3.8) is 0 Å². The summed E-state index contributed by atoms with van der Waals surface area (Å²) in [5.41, 5.74) is 0.333. The molecule has 1 N–H and O–H groups in total. The van der Waals surface area contributed by atoms with Crippen molar-refractivity contribution in [3.8, 4) is 0 Å². The summed E-state index contributed by atoms with van der Waals surface area (Å²) >= 11 is 12.2. The fourth-order valence-corrected chi connectivity index (χ4v) is 3.25. The lowest BCUT2D eigenvalue weighted by atomic mass is 10.1. The number of halogens is 3. The van der Waals surface area contributed by atoms with E-state index in [-0.39, 0.29) is 30.1 Å². The van der Waals surface area contributed by atoms with Crippen LogP contribution in [0.1, 0.15) is 17.3 Å². The van der Waals surface area contributed by atoms with E-state index in [4.69, 9.17) is 23.2 Å². The predicted octanol–water partition coefficient (Wildman–Crippen LogP) is 2.56. The molecule has 0 radical (unpaired) electrons. The number of rotatable bonds is 4. The summed E-state index contributed by atoms with van der Waals surface area (Å²) in [6, 6.07) is 5.01. The number of nitrogens with one attached hydrogen (secondary N) is 1. The number of benzene rings is 1. The van der Waals surface area contributed by atoms with Crippen molar-refractivity contribution in [3.05, 3.63) is 33.8 Å². The van der Waals surface area contributed by atoms with Crippen LogP contribution in [0.3, 0.4) is 0 Å². The van der Waals surface area contributed by atoms with Gasteiger partial charge in [-0.1, -0.05) is 36.2 Å². The lowest BCUT2D eigenvalue weighted by Gasteiger charge is -2.36. The van der Waals surface area contributed by atoms with E-state index >= 15 is 0 Å². The third-order valence-electron chi connectivity index (χ3n) is 3.99. The molecule has 5 nitrogen and oxygen atoms in total. The maximum atomic E-state index is 12.6. The van der Waals surface area contributed by atoms with Crippen LogP contribution in [0.2, 0.25) is 10.0 Å². The number of carbonyl (C=O) groups is 2. The van der Waals surface area contributed by atoms with Crippen molar-refractivity contribution in [2.45, 2.75) is 6.92 Å². The molecule has 0 aliphatic carbocycles. The number of nitrogens with zero attached hydrogens (tertiary/aromatic N) is 2. The number of hydrogen-bond donors (Lipinski definition) is 1. The van der Waals surface area contributed by atoms with Crippen molar-refractivity contribution >= 4 is 47.4 Å². The summed E-state index contributed by atoms with van der Waals surface area (Å²) < 4.78 is 0. The molecule has 0 bridgehead atoms. The molecule has 2 amide bonds. The van der Waals surface area contributed by atoms with Crippen LogP contribution < -0.4 is 5.32 Å². The molecule has 1 aromatic rings. The molecule has 2 rings (SSSR count). The van der Waals surface area contributed by atoms with Gasteiger partial charge in [0.15, 0.2) is 0 Å². The molecule has 0 spiro atoms. The van der Waals surface area contributed by atoms with E-state index in [2.05, 4.69) is 5.32 Å². The smallest absolute Gasteiger partial charge is 0.257 e. The van der Waals surface area contributed by atoms with E-state index in [9.17, 15) is 9.59 Å². The number of piperazine rings is 1. The molecule has 134 valence electrons. The van der Waals surface area contributed by atoms with Crippen LogP contribution in [0.4, 0.5) is 0 Å². The van der Waals surface area contributed by atoms with Crippen molar-refractivity contribution < 1.29 is 9.59 Å². The highest BCUT2D eigenvalue weighted by atomic mass is 35.5. The Morgan fingerprint density at radius 3 is 2.12 bits per heavy atom. The Hall–Kier alpha value is -1.01. The van der Waals surface area contributed by atoms with Gasteiger partial charge in [-0.25, -0.2) is 0 Å². The second kappa shape index (κ2) is 9.47. The van der Waals surface area contributed by atoms with Crippen molar-refractivity contribution in [2.75, 3.05) is 39.8 Å². The zero-order valence-corrected chi connectivity index (χ0v) is 16.0. The van der Waals surface area contributed by atoms with Gasteiger partial charge in [-0.15, -0.1) is 12.4 Å². The van der Waals surface area contributed by atoms with Crippen LogP contribution in [-0.4, -0.2) is 61.4 Å². The van der Waals surface area contributed by atoms with E-state index in [0.717, 1.165) is 0 Å². The molecule has 0 saturated carbocycles. The minimum absolute atomic E-state index is 0. The Balaban J connectivity index is 0.00000288. The highest BCUT2D eigenvalue weighted by Crippen LogP contribution is 2.26. The van der Waals surface area contributed by atoms with Gasteiger partial charge in [0.05, 0.1) is 15.6 Å². The van der Waals surface area contributed by atoms with E-state index in [1.54, 1.807) is 28.0 Å². The molecular formula is C16H22Cl3N3O2. The van der Waals surface area contributed by atoms with Gasteiger partial charge in [-0.2, -0.15) is 0 Å². The average Bonchev–Trinajstić information content (AvgIpc) is 2.54. The van der Waals surface area contributed by atoms with Crippen LogP contribution in [-0.2, 0) is 4.79 Å². The first-order valence-electron chi connectivity index (χ1n) is 7.62. The second-order valence-corrected chi connectivity index (χ2v) is 6.49. The molecular weight excluding hydrogens is 373 g/mol. The number of carbonyl (C=O) groups excluding carboxylic acids is 2. The van der Waals surface area contributed by atoms with Gasteiger partial charge in [0.1, 0.15) is 0 Å². The third-order valence-corrected chi connectivity index (χ3v) is 4.62. The number of hydrogen-bond acceptors (Lipinski definition) is 3. The van der Waals surface area contributed by atoms with Crippen LogP contribution >= 0.6 is 35.6 Å². The van der Waals surface area contributed by atoms with E-state index < -0.39 is 0 Å². The second-order valence-electron chi connectivity index (χ2n) is 5.67. The zero-order chi connectivity index (χ0) is 17.0. The Morgan fingerprint density at radius 2 is 1.62 bits per heavy atom. The van der Waals surface area contributed by atoms with Crippen molar-refractivity contribution in [1.82, 2.24) is 15.1 Å². The fraction of sp³-hybridized carbons (Fsp3) is 0.500. The van der Waals surface area contributed by atoms with Gasteiger partial charge in [-0.3, -0.25) is 9.59 Å². The van der Waals surface area contributed by atoms with Gasteiger partial charge < -0.3 is 15.1 Å². The summed E-state index contributed by atoms with van der Waals surface area (Å²) in [5, 5.41) is 3.71. The summed E-state index contributed by atoms with van der Waals surface area (Å²) in [5.74, 6) is -0.140. The average molecular weight is 395 g/mol. The van der Waals surface area contributed by atoms with Gasteiger partial charge in [0.25, 0.3) is 5.91 Å². The molecule has 1 atom stereocenters. The van der Waals surface area contributed by atoms with Gasteiger partial charge in [0.2, 0.25) is 5.91 Å². The maximum Gasteiger partial charge on any atom is 0.257 e. The molecule has 1 aromatic carbocycles. The van der Waals surface area contributed by atoms with Crippen LogP contribution in [0, 0.1) is 5.92 Å². The standard InChI is InChI=1S/C16H21Cl2N3O2.ClH/c1-11(10-19-2)15(22)20-6-8-21(9-7-20)16(23)14-12(17)4-3-5-13(14)18;/h3-5,11,19H,6-10H2,1-2H3;1H. The van der Waals surface area contributed by atoms with E-state index in [1.165, 1.54) is 0 Å². The SMILES string of the molecule is CNCC(C)C(=O)N1CCN(C(=O)c2c(Cl)cccc2Cl)CC1.Cl. The lowest BCUT2D eigenvalue weighted by Crippen LogP contribution is -2.52. The monoisotopic (exact) mass is 393 g/mol. The molecule has 1 aliphatic rings. The summed E-state index contributed by atoms with van der Waals surface area (Å²) in [4.78, 5) is 28.4. The first-order chi connectivity index (χ1) is 11.0. The number of amides is 2. The molecule has 0 aromatic heterocycles. The Bertz CT molecular complexity index is 570. The maximum absolute atomic E-state index is 12.6. The van der Waals surface area contributed by atoms with Crippen molar-refractivity contribution in [1.29, 1.82) is 0 Å². The lowest BCUT2D eigenvalue weighted by molar-refractivity contribution is -0.136. The summed E-state index contributed by atoms with van der Waals surface area (Å²) in [6.07, 6.45) is 0. The molecule has 1 saturated heterocycles. The topological polar surface area (TPSA) is 52.7 Å². The molecule has 1 fully saturated rings. The summed E-state index contributed by atoms with van der Waals surface area (Å²) in [7, 11) is 1.83. The van der Waals surface area contributed by atoms with Crippen molar-refractivity contribution in [2.24, 2.45) is 5.92 Å². The molecule has 8 heteroatoms. The van der Waals surface area contributed by atoms with Crippen LogP contribution in [0.15, 0.2) is 18.2 Å². The van der Waals surface area contributed by atoms with Gasteiger partial charge in [-0.05, 0) is 19.2 Å². The van der Waals surface area contributed by atoms with Gasteiger partial charge in [0, 0.05) is 38.6 Å². The minimum atomic E-state index is -0.184. The first-order valence-corrected chi connectivity index (χ1v) is 8.38. The quantitative estimate of drug-likeness (QED) is 0.854. The van der Waals surface area contributed by atoms with Crippen LogP contribution in [0.5, 0.6) is 0 Å². The third kappa shape index (κ3) is 4.76. The van der Waals surface area contributed by atoms with E-state index in [1.807, 2.05) is 14.0 Å². The fourth-order valence-electron chi connectivity index (χ4n) is 2.70. The highest BCUT2D eigenvalue weighted by Gasteiger charge is 2.28. The van der Waals surface area contributed by atoms with E-state index in [0.29, 0.717) is 48.3 Å². The zero-order valence-electron chi connectivity index (χ0n) is 13.7. The molecule has 1 aliphatic heterocycles. The summed E-state index contributed by atoms with van der Waals surface area (Å²) in [6.45, 7) is 4.57. The normalized spacial score (nSPS) is 15.7. The molecule has 1 heterocycles.